The van der Waals surface area contributed by atoms with Gasteiger partial charge in [0.25, 0.3) is 5.91 Å². The smallest absolute Gasteiger partial charge is 0.255 e. The van der Waals surface area contributed by atoms with E-state index in [1.807, 2.05) is 36.4 Å². The second-order valence-electron chi connectivity index (χ2n) is 6.96. The third-order valence-corrected chi connectivity index (χ3v) is 5.10. The van der Waals surface area contributed by atoms with Crippen molar-refractivity contribution in [3.63, 3.8) is 0 Å². The molecule has 3 rings (SSSR count). The summed E-state index contributed by atoms with van der Waals surface area (Å²) in [5.74, 6) is 0.507. The highest BCUT2D eigenvalue weighted by molar-refractivity contribution is 6.04. The molecule has 1 fully saturated rings. The summed E-state index contributed by atoms with van der Waals surface area (Å²) in [6.45, 7) is 0. The zero-order chi connectivity index (χ0) is 18.4. The summed E-state index contributed by atoms with van der Waals surface area (Å²) in [5, 5.41) is 5.51. The van der Waals surface area contributed by atoms with Crippen LogP contribution in [-0.2, 0) is 11.2 Å². The number of likely N-dealkylation sites (N-methyl/N-ethyl adjacent to an activating group) is 1. The van der Waals surface area contributed by atoms with Gasteiger partial charge in [-0.1, -0.05) is 43.5 Å². The normalized spacial score (nSPS) is 14.7. The van der Waals surface area contributed by atoms with Crippen molar-refractivity contribution >= 4 is 17.5 Å². The van der Waals surface area contributed by atoms with Gasteiger partial charge in [-0.2, -0.15) is 0 Å². The summed E-state index contributed by atoms with van der Waals surface area (Å²) in [4.78, 5) is 23.8. The molecular weight excluding hydrogens is 324 g/mol. The standard InChI is InChI=1S/C22H26N2O2/c1-23-21(25)15-16-7-13-20(14-8-16)24-22(26)19-11-9-18(10-12-19)17-5-3-2-4-6-17/h7-14,17H,2-6,15H2,1H3,(H,23,25)(H,24,26). The first-order valence-electron chi connectivity index (χ1n) is 9.36. The molecule has 136 valence electrons. The summed E-state index contributed by atoms with van der Waals surface area (Å²) < 4.78 is 0. The van der Waals surface area contributed by atoms with Crippen molar-refractivity contribution in [3.8, 4) is 0 Å². The highest BCUT2D eigenvalue weighted by Crippen LogP contribution is 2.32. The van der Waals surface area contributed by atoms with E-state index in [1.165, 1.54) is 37.7 Å². The van der Waals surface area contributed by atoms with E-state index in [1.54, 1.807) is 7.05 Å². The Morgan fingerprint density at radius 3 is 2.19 bits per heavy atom. The zero-order valence-electron chi connectivity index (χ0n) is 15.3. The number of carbonyl (C=O) groups is 2. The monoisotopic (exact) mass is 350 g/mol. The summed E-state index contributed by atoms with van der Waals surface area (Å²) in [7, 11) is 1.62. The fourth-order valence-electron chi connectivity index (χ4n) is 3.53. The van der Waals surface area contributed by atoms with Crippen LogP contribution in [0.2, 0.25) is 0 Å². The van der Waals surface area contributed by atoms with Crippen LogP contribution in [-0.4, -0.2) is 18.9 Å². The minimum Gasteiger partial charge on any atom is -0.359 e. The molecule has 0 atom stereocenters. The lowest BCUT2D eigenvalue weighted by atomic mass is 9.84. The van der Waals surface area contributed by atoms with E-state index in [4.69, 9.17) is 0 Å². The number of rotatable bonds is 5. The second kappa shape index (κ2) is 8.65. The van der Waals surface area contributed by atoms with Crippen LogP contribution in [0.4, 0.5) is 5.69 Å². The number of nitrogens with one attached hydrogen (secondary N) is 2. The van der Waals surface area contributed by atoms with Gasteiger partial charge in [-0.3, -0.25) is 9.59 Å². The maximum atomic E-state index is 12.4. The topological polar surface area (TPSA) is 58.2 Å². The summed E-state index contributed by atoms with van der Waals surface area (Å²) in [6, 6.07) is 15.4. The van der Waals surface area contributed by atoms with Gasteiger partial charge in [0.2, 0.25) is 5.91 Å². The molecule has 0 spiro atoms. The van der Waals surface area contributed by atoms with Crippen LogP contribution in [0.25, 0.3) is 0 Å². The summed E-state index contributed by atoms with van der Waals surface area (Å²) >= 11 is 0. The van der Waals surface area contributed by atoms with Crippen LogP contribution in [0.3, 0.4) is 0 Å². The lowest BCUT2D eigenvalue weighted by Crippen LogP contribution is -2.19. The second-order valence-corrected chi connectivity index (χ2v) is 6.96. The molecule has 4 nitrogen and oxygen atoms in total. The number of carbonyl (C=O) groups excluding carboxylic acids is 2. The largest absolute Gasteiger partial charge is 0.359 e. The van der Waals surface area contributed by atoms with Crippen molar-refractivity contribution in [3.05, 3.63) is 65.2 Å². The Bertz CT molecular complexity index is 745. The Morgan fingerprint density at radius 1 is 0.923 bits per heavy atom. The highest BCUT2D eigenvalue weighted by Gasteiger charge is 2.16. The lowest BCUT2D eigenvalue weighted by Gasteiger charge is -2.22. The van der Waals surface area contributed by atoms with E-state index in [0.717, 1.165) is 11.3 Å². The lowest BCUT2D eigenvalue weighted by molar-refractivity contribution is -0.119. The minimum atomic E-state index is -0.112. The third kappa shape index (κ3) is 4.72. The Kier molecular flexibility index (Phi) is 6.05. The molecule has 1 aliphatic carbocycles. The fourth-order valence-corrected chi connectivity index (χ4v) is 3.53. The molecule has 0 aliphatic heterocycles. The molecule has 0 radical (unpaired) electrons. The molecule has 0 heterocycles. The number of anilines is 1. The maximum Gasteiger partial charge on any atom is 0.255 e. The molecule has 0 saturated heterocycles. The first-order chi connectivity index (χ1) is 12.7. The average molecular weight is 350 g/mol. The Labute approximate surface area is 155 Å². The van der Waals surface area contributed by atoms with Gasteiger partial charge in [0.1, 0.15) is 0 Å². The van der Waals surface area contributed by atoms with Crippen LogP contribution >= 0.6 is 0 Å². The van der Waals surface area contributed by atoms with Crippen LogP contribution in [0.5, 0.6) is 0 Å². The van der Waals surface area contributed by atoms with E-state index < -0.39 is 0 Å². The van der Waals surface area contributed by atoms with Crippen molar-refractivity contribution < 1.29 is 9.59 Å². The average Bonchev–Trinajstić information content (AvgIpc) is 2.70. The molecule has 2 N–H and O–H groups in total. The van der Waals surface area contributed by atoms with Crippen molar-refractivity contribution in [1.82, 2.24) is 5.32 Å². The van der Waals surface area contributed by atoms with Crippen molar-refractivity contribution in [1.29, 1.82) is 0 Å². The molecule has 2 aromatic rings. The molecule has 26 heavy (non-hydrogen) atoms. The fraction of sp³-hybridized carbons (Fsp3) is 0.364. The minimum absolute atomic E-state index is 0.0279. The van der Waals surface area contributed by atoms with Gasteiger partial charge in [0.15, 0.2) is 0 Å². The summed E-state index contributed by atoms with van der Waals surface area (Å²) in [6.07, 6.45) is 6.82. The Balaban J connectivity index is 1.59. The maximum absolute atomic E-state index is 12.4. The number of hydrogen-bond acceptors (Lipinski definition) is 2. The van der Waals surface area contributed by atoms with E-state index in [0.29, 0.717) is 17.9 Å². The van der Waals surface area contributed by atoms with Gasteiger partial charge in [0.05, 0.1) is 6.42 Å². The molecule has 0 unspecified atom stereocenters. The quantitative estimate of drug-likeness (QED) is 0.846. The van der Waals surface area contributed by atoms with Crippen LogP contribution in [0.1, 0.15) is 59.5 Å². The predicted molar refractivity (Wildman–Crippen MR) is 104 cm³/mol. The van der Waals surface area contributed by atoms with Gasteiger partial charge in [-0.25, -0.2) is 0 Å². The molecule has 1 aliphatic rings. The first kappa shape index (κ1) is 18.2. The third-order valence-electron chi connectivity index (χ3n) is 5.10. The molecule has 2 amide bonds. The van der Waals surface area contributed by atoms with Crippen molar-refractivity contribution in [2.75, 3.05) is 12.4 Å². The van der Waals surface area contributed by atoms with E-state index in [2.05, 4.69) is 22.8 Å². The predicted octanol–water partition coefficient (Wildman–Crippen LogP) is 4.28. The molecular formula is C22H26N2O2. The van der Waals surface area contributed by atoms with Crippen molar-refractivity contribution in [2.45, 2.75) is 44.4 Å². The number of benzene rings is 2. The van der Waals surface area contributed by atoms with Gasteiger partial charge < -0.3 is 10.6 Å². The Morgan fingerprint density at radius 2 is 1.58 bits per heavy atom. The van der Waals surface area contributed by atoms with Crippen LogP contribution < -0.4 is 10.6 Å². The molecule has 4 heteroatoms. The molecule has 2 aromatic carbocycles. The van der Waals surface area contributed by atoms with Crippen LogP contribution in [0, 0.1) is 0 Å². The van der Waals surface area contributed by atoms with Gasteiger partial charge >= 0.3 is 0 Å². The first-order valence-corrected chi connectivity index (χ1v) is 9.36. The highest BCUT2D eigenvalue weighted by atomic mass is 16.2. The van der Waals surface area contributed by atoms with Crippen molar-refractivity contribution in [2.24, 2.45) is 0 Å². The van der Waals surface area contributed by atoms with Gasteiger partial charge in [0, 0.05) is 18.3 Å². The van der Waals surface area contributed by atoms with E-state index in [9.17, 15) is 9.59 Å². The van der Waals surface area contributed by atoms with E-state index in [-0.39, 0.29) is 11.8 Å². The Hall–Kier alpha value is -2.62. The van der Waals surface area contributed by atoms with E-state index >= 15 is 0 Å². The number of amides is 2. The molecule has 0 aromatic heterocycles. The summed E-state index contributed by atoms with van der Waals surface area (Å²) in [5.41, 5.74) is 3.66. The van der Waals surface area contributed by atoms with Gasteiger partial charge in [-0.15, -0.1) is 0 Å². The number of hydrogen-bond donors (Lipinski definition) is 2. The SMILES string of the molecule is CNC(=O)Cc1ccc(NC(=O)c2ccc(C3CCCCC3)cc2)cc1. The van der Waals surface area contributed by atoms with Crippen LogP contribution in [0.15, 0.2) is 48.5 Å². The zero-order valence-corrected chi connectivity index (χ0v) is 15.3. The van der Waals surface area contributed by atoms with Gasteiger partial charge in [-0.05, 0) is 54.2 Å². The molecule has 0 bridgehead atoms. The molecule has 1 saturated carbocycles.